The normalized spacial score (nSPS) is 18.8. The van der Waals surface area contributed by atoms with Crippen molar-refractivity contribution in [1.82, 2.24) is 0 Å². The summed E-state index contributed by atoms with van der Waals surface area (Å²) in [5, 5.41) is 9.39. The molecule has 1 aromatic carbocycles. The van der Waals surface area contributed by atoms with Crippen molar-refractivity contribution in [2.24, 2.45) is 0 Å². The Bertz CT molecular complexity index is 520. The monoisotopic (exact) mass is 306 g/mol. The number of alkyl halides is 3. The van der Waals surface area contributed by atoms with Crippen molar-refractivity contribution < 1.29 is 23.1 Å². The van der Waals surface area contributed by atoms with Gasteiger partial charge >= 0.3 is 12.1 Å². The van der Waals surface area contributed by atoms with Crippen LogP contribution in [-0.2, 0) is 16.4 Å². The first kappa shape index (κ1) is 15.2. The van der Waals surface area contributed by atoms with Crippen molar-refractivity contribution in [3.63, 3.8) is 0 Å². The lowest BCUT2D eigenvalue weighted by Crippen LogP contribution is -2.38. The van der Waals surface area contributed by atoms with Crippen LogP contribution in [0.25, 0.3) is 0 Å². The molecule has 1 aliphatic carbocycles. The lowest BCUT2D eigenvalue weighted by atomic mass is 9.69. The Hall–Kier alpha value is -1.23. The van der Waals surface area contributed by atoms with Gasteiger partial charge in [0.25, 0.3) is 0 Å². The molecule has 1 saturated carbocycles. The van der Waals surface area contributed by atoms with Gasteiger partial charge in [0.05, 0.1) is 11.0 Å². The summed E-state index contributed by atoms with van der Waals surface area (Å²) in [4.78, 5) is 11.6. The maximum atomic E-state index is 12.6. The van der Waals surface area contributed by atoms with Crippen LogP contribution in [0.2, 0.25) is 5.02 Å². The van der Waals surface area contributed by atoms with Crippen LogP contribution >= 0.6 is 11.6 Å². The Labute approximate surface area is 119 Å². The van der Waals surface area contributed by atoms with Crippen LogP contribution in [0.3, 0.4) is 0 Å². The summed E-state index contributed by atoms with van der Waals surface area (Å²) in [7, 11) is 0. The quantitative estimate of drug-likeness (QED) is 0.864. The molecule has 2 nitrogen and oxygen atoms in total. The molecule has 0 amide bonds. The van der Waals surface area contributed by atoms with Crippen molar-refractivity contribution in [2.75, 3.05) is 0 Å². The average molecular weight is 307 g/mol. The maximum absolute atomic E-state index is 12.6. The van der Waals surface area contributed by atoms with Crippen LogP contribution < -0.4 is 0 Å². The Balaban J connectivity index is 2.48. The minimum atomic E-state index is -4.48. The van der Waals surface area contributed by atoms with E-state index >= 15 is 0 Å². The van der Waals surface area contributed by atoms with Crippen molar-refractivity contribution in [3.8, 4) is 0 Å². The molecule has 0 spiro atoms. The van der Waals surface area contributed by atoms with Gasteiger partial charge < -0.3 is 5.11 Å². The molecule has 20 heavy (non-hydrogen) atoms. The van der Waals surface area contributed by atoms with Crippen LogP contribution in [-0.4, -0.2) is 11.1 Å². The molecule has 0 aliphatic heterocycles. The molecule has 2 rings (SSSR count). The second kappa shape index (κ2) is 5.28. The van der Waals surface area contributed by atoms with Crippen LogP contribution in [0.15, 0.2) is 18.2 Å². The van der Waals surface area contributed by atoms with Crippen molar-refractivity contribution in [2.45, 2.75) is 43.7 Å². The van der Waals surface area contributed by atoms with E-state index in [4.69, 9.17) is 11.6 Å². The number of rotatable bonds is 2. The van der Waals surface area contributed by atoms with Crippen LogP contribution in [0.5, 0.6) is 0 Å². The first-order valence-electron chi connectivity index (χ1n) is 6.38. The van der Waals surface area contributed by atoms with Crippen molar-refractivity contribution in [1.29, 1.82) is 0 Å². The van der Waals surface area contributed by atoms with E-state index in [1.807, 2.05) is 0 Å². The standard InChI is InChI=1S/C14H14ClF3O2/c15-11-8-9(14(16,17)18)4-5-10(11)13(12(19)20)6-2-1-3-7-13/h4-5,8H,1-3,6-7H2,(H,19,20). The van der Waals surface area contributed by atoms with Gasteiger partial charge in [0.15, 0.2) is 0 Å². The third-order valence-electron chi connectivity index (χ3n) is 3.93. The van der Waals surface area contributed by atoms with E-state index in [-0.39, 0.29) is 5.02 Å². The minimum absolute atomic E-state index is 0.121. The second-order valence-electron chi connectivity index (χ2n) is 5.14. The third-order valence-corrected chi connectivity index (χ3v) is 4.24. The number of benzene rings is 1. The van der Waals surface area contributed by atoms with Crippen molar-refractivity contribution >= 4 is 17.6 Å². The zero-order chi connectivity index (χ0) is 15.0. The number of aliphatic carboxylic acids is 1. The molecule has 0 atom stereocenters. The average Bonchev–Trinajstić information content (AvgIpc) is 2.38. The highest BCUT2D eigenvalue weighted by molar-refractivity contribution is 6.31. The minimum Gasteiger partial charge on any atom is -0.481 e. The smallest absolute Gasteiger partial charge is 0.416 e. The Morgan fingerprint density at radius 3 is 2.25 bits per heavy atom. The summed E-state index contributed by atoms with van der Waals surface area (Å²) in [6.07, 6.45) is -1.24. The molecule has 0 heterocycles. The Kier molecular flexibility index (Phi) is 4.00. The van der Waals surface area contributed by atoms with E-state index in [1.165, 1.54) is 6.07 Å². The molecule has 1 N–H and O–H groups in total. The largest absolute Gasteiger partial charge is 0.481 e. The number of hydrogen-bond acceptors (Lipinski definition) is 1. The predicted octanol–water partition coefficient (Wildman–Crippen LogP) is 4.65. The third kappa shape index (κ3) is 2.64. The molecule has 0 unspecified atom stereocenters. The predicted molar refractivity (Wildman–Crippen MR) is 68.9 cm³/mol. The summed E-state index contributed by atoms with van der Waals surface area (Å²) in [6, 6.07) is 2.93. The topological polar surface area (TPSA) is 37.3 Å². The van der Waals surface area contributed by atoms with Gasteiger partial charge in [0.1, 0.15) is 0 Å². The van der Waals surface area contributed by atoms with E-state index in [0.717, 1.165) is 31.4 Å². The van der Waals surface area contributed by atoms with Gasteiger partial charge in [-0.1, -0.05) is 36.9 Å². The van der Waals surface area contributed by atoms with E-state index in [0.29, 0.717) is 18.4 Å². The van der Waals surface area contributed by atoms with Crippen molar-refractivity contribution in [3.05, 3.63) is 34.3 Å². The van der Waals surface area contributed by atoms with Gasteiger partial charge in [-0.25, -0.2) is 0 Å². The van der Waals surface area contributed by atoms with Gasteiger partial charge in [-0.15, -0.1) is 0 Å². The van der Waals surface area contributed by atoms with E-state index in [9.17, 15) is 23.1 Å². The van der Waals surface area contributed by atoms with Gasteiger partial charge in [0.2, 0.25) is 0 Å². The van der Waals surface area contributed by atoms with Crippen LogP contribution in [0.1, 0.15) is 43.2 Å². The molecule has 0 saturated heterocycles. The zero-order valence-electron chi connectivity index (χ0n) is 10.6. The molecule has 0 bridgehead atoms. The molecular formula is C14H14ClF3O2. The van der Waals surface area contributed by atoms with E-state index < -0.39 is 23.1 Å². The second-order valence-corrected chi connectivity index (χ2v) is 5.55. The molecule has 110 valence electrons. The Morgan fingerprint density at radius 1 is 1.20 bits per heavy atom. The number of carboxylic acids is 1. The summed E-state index contributed by atoms with van der Waals surface area (Å²) < 4.78 is 37.9. The van der Waals surface area contributed by atoms with Gasteiger partial charge in [-0.3, -0.25) is 4.79 Å². The number of hydrogen-bond donors (Lipinski definition) is 1. The molecule has 1 aliphatic rings. The number of halogens is 4. The Morgan fingerprint density at radius 2 is 1.80 bits per heavy atom. The molecule has 0 radical (unpaired) electrons. The SMILES string of the molecule is O=C(O)C1(c2ccc(C(F)(F)F)cc2Cl)CCCCC1. The van der Waals surface area contributed by atoms with Crippen LogP contribution in [0, 0.1) is 0 Å². The molecule has 1 fully saturated rings. The van der Waals surface area contributed by atoms with E-state index in [1.54, 1.807) is 0 Å². The fourth-order valence-electron chi connectivity index (χ4n) is 2.83. The number of carboxylic acid groups (broad SMARTS) is 1. The maximum Gasteiger partial charge on any atom is 0.416 e. The highest BCUT2D eigenvalue weighted by Crippen LogP contribution is 2.44. The van der Waals surface area contributed by atoms with E-state index in [2.05, 4.69) is 0 Å². The molecule has 1 aromatic rings. The summed E-state index contributed by atoms with van der Waals surface area (Å²) in [5.74, 6) is -1.01. The van der Waals surface area contributed by atoms with Gasteiger partial charge in [0, 0.05) is 5.02 Å². The fourth-order valence-corrected chi connectivity index (χ4v) is 3.19. The van der Waals surface area contributed by atoms with Gasteiger partial charge in [-0.05, 0) is 30.5 Å². The molecule has 6 heteroatoms. The summed E-state index contributed by atoms with van der Waals surface area (Å²) in [5.41, 5.74) is -1.72. The highest BCUT2D eigenvalue weighted by Gasteiger charge is 2.43. The molecule has 0 aromatic heterocycles. The fraction of sp³-hybridized carbons (Fsp3) is 0.500. The first-order chi connectivity index (χ1) is 9.27. The summed E-state index contributed by atoms with van der Waals surface area (Å²) >= 11 is 5.94. The summed E-state index contributed by atoms with van der Waals surface area (Å²) in [6.45, 7) is 0. The lowest BCUT2D eigenvalue weighted by Gasteiger charge is -2.34. The number of carbonyl (C=O) groups is 1. The molecular weight excluding hydrogens is 293 g/mol. The first-order valence-corrected chi connectivity index (χ1v) is 6.76. The van der Waals surface area contributed by atoms with Crippen LogP contribution in [0.4, 0.5) is 13.2 Å². The van der Waals surface area contributed by atoms with Gasteiger partial charge in [-0.2, -0.15) is 13.2 Å². The zero-order valence-corrected chi connectivity index (χ0v) is 11.4. The highest BCUT2D eigenvalue weighted by atomic mass is 35.5. The lowest BCUT2D eigenvalue weighted by molar-refractivity contribution is -0.145.